The topological polar surface area (TPSA) is 14.1 Å². The molecule has 0 saturated carbocycles. The maximum Gasteiger partial charge on any atom is 3.00 e. The van der Waals surface area contributed by atoms with Crippen molar-refractivity contribution in [3.8, 4) is 0 Å². The van der Waals surface area contributed by atoms with Crippen LogP contribution in [0, 0.1) is 5.41 Å². The molecule has 0 spiro atoms. The summed E-state index contributed by atoms with van der Waals surface area (Å²) in [4.78, 5) is 0. The predicted molar refractivity (Wildman–Crippen MR) is 74.9 cm³/mol. The number of rotatable bonds is 2. The molecule has 0 fully saturated rings. The van der Waals surface area contributed by atoms with Crippen molar-refractivity contribution in [1.29, 1.82) is 0 Å². The SMILES string of the molecule is [2H]c1cc(C([2H])([2H])C(C)(C)C)cc([2H])c1C1=CC[N-]C=C1.[Ir+3]. The molecule has 1 aromatic rings. The molecule has 96 valence electrons. The van der Waals surface area contributed by atoms with Crippen molar-refractivity contribution in [2.24, 2.45) is 5.41 Å². The summed E-state index contributed by atoms with van der Waals surface area (Å²) in [6, 6.07) is 3.45. The van der Waals surface area contributed by atoms with Crippen LogP contribution in [0.4, 0.5) is 0 Å². The third-order valence-electron chi connectivity index (χ3n) is 2.33. The fourth-order valence-electron chi connectivity index (χ4n) is 1.65. The van der Waals surface area contributed by atoms with Crippen LogP contribution in [0.3, 0.4) is 0 Å². The molecule has 2 heteroatoms. The van der Waals surface area contributed by atoms with Gasteiger partial charge in [-0.3, -0.25) is 0 Å². The largest absolute Gasteiger partial charge is 3.00 e. The Morgan fingerprint density at radius 2 is 2.00 bits per heavy atom. The maximum atomic E-state index is 8.28. The van der Waals surface area contributed by atoms with Gasteiger partial charge >= 0.3 is 20.1 Å². The van der Waals surface area contributed by atoms with E-state index in [1.54, 1.807) is 24.4 Å². The number of benzene rings is 1. The summed E-state index contributed by atoms with van der Waals surface area (Å²) in [5, 5.41) is 4.06. The molecule has 1 aliphatic rings. The predicted octanol–water partition coefficient (Wildman–Crippen LogP) is 4.56. The van der Waals surface area contributed by atoms with Crippen LogP contribution in [0.15, 0.2) is 42.6 Å². The average molecular weight is 423 g/mol. The van der Waals surface area contributed by atoms with Crippen LogP contribution in [0.1, 0.15) is 37.4 Å². The zero-order valence-corrected chi connectivity index (χ0v) is 13.3. The minimum Gasteiger partial charge on any atom is -0.687 e. The maximum absolute atomic E-state index is 8.28. The van der Waals surface area contributed by atoms with Crippen LogP contribution in [-0.2, 0) is 26.5 Å². The standard InChI is InChI=1S/C16H20N.Ir/c1-16(2,3)12-13-4-6-14(7-5-13)15-8-10-17-11-9-15;/h4-10H,11-12H2,1-3H3;/q-1;+3/i6D,7D,12D2;. The molecule has 0 bridgehead atoms. The van der Waals surface area contributed by atoms with Crippen LogP contribution in [-0.4, -0.2) is 6.54 Å². The minimum absolute atomic E-state index is 0. The van der Waals surface area contributed by atoms with Gasteiger partial charge < -0.3 is 5.32 Å². The van der Waals surface area contributed by atoms with Crippen molar-refractivity contribution in [3.63, 3.8) is 0 Å². The van der Waals surface area contributed by atoms with Crippen molar-refractivity contribution in [2.75, 3.05) is 6.54 Å². The van der Waals surface area contributed by atoms with E-state index < -0.39 is 11.8 Å². The van der Waals surface area contributed by atoms with Crippen molar-refractivity contribution in [2.45, 2.75) is 27.1 Å². The third-order valence-corrected chi connectivity index (χ3v) is 2.33. The van der Waals surface area contributed by atoms with E-state index >= 15 is 0 Å². The normalized spacial score (nSPS) is 18.5. The summed E-state index contributed by atoms with van der Waals surface area (Å²) in [6.45, 7) is 6.02. The molecule has 1 aliphatic heterocycles. The molecule has 0 N–H and O–H groups in total. The molecular weight excluding hydrogens is 398 g/mol. The van der Waals surface area contributed by atoms with E-state index in [1.165, 1.54) is 0 Å². The Labute approximate surface area is 129 Å². The molecule has 0 saturated heterocycles. The first-order valence-corrected chi connectivity index (χ1v) is 5.80. The van der Waals surface area contributed by atoms with Gasteiger partial charge in [0.25, 0.3) is 0 Å². The molecule has 1 heterocycles. The van der Waals surface area contributed by atoms with Gasteiger partial charge in [0.2, 0.25) is 0 Å². The summed E-state index contributed by atoms with van der Waals surface area (Å²) >= 11 is 0. The van der Waals surface area contributed by atoms with Crippen molar-refractivity contribution in [3.05, 3.63) is 59.0 Å². The summed E-state index contributed by atoms with van der Waals surface area (Å²) in [7, 11) is 0. The molecule has 0 atom stereocenters. The van der Waals surface area contributed by atoms with Crippen LogP contribution in [0.25, 0.3) is 10.9 Å². The van der Waals surface area contributed by atoms with Gasteiger partial charge in [0.1, 0.15) is 0 Å². The van der Waals surface area contributed by atoms with E-state index in [0.29, 0.717) is 17.7 Å². The van der Waals surface area contributed by atoms with Gasteiger partial charge in [-0.15, -0.1) is 6.54 Å². The fraction of sp³-hybridized carbons (Fsp3) is 0.375. The van der Waals surface area contributed by atoms with E-state index in [2.05, 4.69) is 5.32 Å². The van der Waals surface area contributed by atoms with Crippen molar-refractivity contribution in [1.82, 2.24) is 0 Å². The van der Waals surface area contributed by atoms with Gasteiger partial charge in [-0.05, 0) is 28.5 Å². The molecule has 0 amide bonds. The number of allylic oxidation sites excluding steroid dienone is 2. The number of nitrogens with zero attached hydrogens (tertiary/aromatic N) is 1. The molecule has 2 rings (SSSR count). The van der Waals surface area contributed by atoms with E-state index in [4.69, 9.17) is 5.48 Å². The Bertz CT molecular complexity index is 592. The van der Waals surface area contributed by atoms with Crippen LogP contribution < -0.4 is 0 Å². The van der Waals surface area contributed by atoms with E-state index in [0.717, 1.165) is 5.57 Å². The monoisotopic (exact) mass is 423 g/mol. The molecule has 1 aromatic carbocycles. The van der Waals surface area contributed by atoms with E-state index in [-0.39, 0.29) is 32.2 Å². The Balaban J connectivity index is 0.00000242. The van der Waals surface area contributed by atoms with Crippen LogP contribution in [0.5, 0.6) is 0 Å². The molecule has 0 aromatic heterocycles. The first kappa shape index (κ1) is 10.00. The Morgan fingerprint density at radius 1 is 1.33 bits per heavy atom. The van der Waals surface area contributed by atoms with Crippen LogP contribution >= 0.6 is 0 Å². The quantitative estimate of drug-likeness (QED) is 0.664. The zero-order chi connectivity index (χ0) is 15.8. The summed E-state index contributed by atoms with van der Waals surface area (Å²) in [6.07, 6.45) is 3.75. The second-order valence-electron chi connectivity index (χ2n) is 5.12. The Hall–Kier alpha value is -0.851. The second kappa shape index (κ2) is 6.36. The van der Waals surface area contributed by atoms with Crippen molar-refractivity contribution >= 4 is 5.57 Å². The van der Waals surface area contributed by atoms with E-state index in [9.17, 15) is 0 Å². The molecule has 0 aliphatic carbocycles. The smallest absolute Gasteiger partial charge is 0.687 e. The molecule has 1 nitrogen and oxygen atoms in total. The summed E-state index contributed by atoms with van der Waals surface area (Å²) < 4.78 is 32.9. The average Bonchev–Trinajstić information content (AvgIpc) is 2.37. The minimum atomic E-state index is -1.59. The first-order valence-electron chi connectivity index (χ1n) is 7.80. The van der Waals surface area contributed by atoms with Gasteiger partial charge in [0.05, 0.1) is 2.74 Å². The molecule has 18 heavy (non-hydrogen) atoms. The fourth-order valence-corrected chi connectivity index (χ4v) is 1.65. The Kier molecular flexibility index (Phi) is 3.53. The van der Waals surface area contributed by atoms with Crippen molar-refractivity contribution < 1.29 is 25.6 Å². The van der Waals surface area contributed by atoms with Gasteiger partial charge in [-0.1, -0.05) is 57.1 Å². The van der Waals surface area contributed by atoms with Gasteiger partial charge in [-0.25, -0.2) is 0 Å². The number of hydrogen-bond acceptors (Lipinski definition) is 0. The summed E-state index contributed by atoms with van der Waals surface area (Å²) in [5.74, 6) is 0. The zero-order valence-electron chi connectivity index (χ0n) is 14.9. The van der Waals surface area contributed by atoms with Crippen LogP contribution in [0.2, 0.25) is 0 Å². The van der Waals surface area contributed by atoms with Gasteiger partial charge in [0, 0.05) is 2.74 Å². The molecule has 0 radical (unpaired) electrons. The molecule has 0 unspecified atom stereocenters. The first-order chi connectivity index (χ1) is 9.64. The van der Waals surface area contributed by atoms with Gasteiger partial charge in [-0.2, -0.15) is 6.20 Å². The number of hydrogen-bond donors (Lipinski definition) is 0. The third kappa shape index (κ3) is 4.44. The Morgan fingerprint density at radius 3 is 2.50 bits per heavy atom. The second-order valence-corrected chi connectivity index (χ2v) is 5.12. The molecular formula is C16H20IrN+2. The summed E-state index contributed by atoms with van der Waals surface area (Å²) in [5.41, 5.74) is 1.13. The van der Waals surface area contributed by atoms with E-state index in [1.807, 2.05) is 26.8 Å². The van der Waals surface area contributed by atoms with Gasteiger partial charge in [0.15, 0.2) is 0 Å².